The lowest BCUT2D eigenvalue weighted by Gasteiger charge is -2.30. The summed E-state index contributed by atoms with van der Waals surface area (Å²) in [7, 11) is -1.85. The van der Waals surface area contributed by atoms with E-state index in [4.69, 9.17) is 24.5 Å². The highest BCUT2D eigenvalue weighted by Crippen LogP contribution is 2.39. The third kappa shape index (κ3) is 11.2. The number of aliphatic hydroxyl groups is 1. The lowest BCUT2D eigenvalue weighted by molar-refractivity contribution is -0.112. The number of methoxy groups -OCH3 is 2. The van der Waals surface area contributed by atoms with E-state index < -0.39 is 44.2 Å². The van der Waals surface area contributed by atoms with Crippen LogP contribution in [-0.2, 0) is 30.0 Å². The van der Waals surface area contributed by atoms with Crippen LogP contribution >= 0.6 is 7.82 Å². The highest BCUT2D eigenvalue weighted by atomic mass is 31.2. The molecule has 6 atom stereocenters. The van der Waals surface area contributed by atoms with Gasteiger partial charge in [-0.05, 0) is 68.7 Å². The average Bonchev–Trinajstić information content (AvgIpc) is 2.86. The Morgan fingerprint density at radius 3 is 2.34 bits per heavy atom. The van der Waals surface area contributed by atoms with Crippen LogP contribution in [0.4, 0.5) is 10.5 Å². The number of rotatable bonds is 5. The number of fused-ring (bicyclic) bond motifs is 2. The molecule has 6 N–H and O–H groups in total. The number of anilines is 1. The number of hydrogen-bond donors (Lipinski definition) is 5. The van der Waals surface area contributed by atoms with Gasteiger partial charge in [0, 0.05) is 37.5 Å². The van der Waals surface area contributed by atoms with Crippen LogP contribution in [0.15, 0.2) is 41.5 Å². The Bertz CT molecular complexity index is 1160. The van der Waals surface area contributed by atoms with Gasteiger partial charge in [0.05, 0.1) is 18.3 Å². The first-order valence-electron chi connectivity index (χ1n) is 13.4. The van der Waals surface area contributed by atoms with Crippen molar-refractivity contribution < 1.29 is 47.8 Å². The van der Waals surface area contributed by atoms with Crippen molar-refractivity contribution in [3.05, 3.63) is 47.1 Å². The molecular formula is C28H43N2O10P. The first-order valence-corrected chi connectivity index (χ1v) is 14.9. The summed E-state index contributed by atoms with van der Waals surface area (Å²) in [5.74, 6) is -0.942. The quantitative estimate of drug-likeness (QED) is 0.246. The topological polar surface area (TPSA) is 187 Å². The minimum absolute atomic E-state index is 0.0479. The fourth-order valence-corrected chi connectivity index (χ4v) is 5.39. The number of phosphoric ester groups is 1. The van der Waals surface area contributed by atoms with Gasteiger partial charge in [0.25, 0.3) is 5.91 Å². The second-order valence-electron chi connectivity index (χ2n) is 10.6. The number of primary amides is 1. The van der Waals surface area contributed by atoms with E-state index in [0.29, 0.717) is 48.1 Å². The van der Waals surface area contributed by atoms with Crippen molar-refractivity contribution in [1.82, 2.24) is 0 Å². The van der Waals surface area contributed by atoms with Gasteiger partial charge in [-0.25, -0.2) is 9.36 Å². The molecule has 2 bridgehead atoms. The second-order valence-corrected chi connectivity index (χ2v) is 11.7. The normalized spacial score (nSPS) is 27.3. The monoisotopic (exact) mass is 598 g/mol. The molecule has 2 rings (SSSR count). The fourth-order valence-electron chi connectivity index (χ4n) is 5.01. The zero-order valence-electron chi connectivity index (χ0n) is 24.4. The first kappa shape index (κ1) is 34.5. The van der Waals surface area contributed by atoms with Crippen molar-refractivity contribution >= 4 is 25.5 Å². The highest BCUT2D eigenvalue weighted by molar-refractivity contribution is 7.46. The van der Waals surface area contributed by atoms with E-state index in [-0.39, 0.29) is 17.6 Å². The second kappa shape index (κ2) is 15.5. The van der Waals surface area contributed by atoms with Crippen LogP contribution in [0.2, 0.25) is 0 Å². The predicted molar refractivity (Wildman–Crippen MR) is 153 cm³/mol. The van der Waals surface area contributed by atoms with E-state index in [0.717, 1.165) is 0 Å². The zero-order valence-corrected chi connectivity index (χ0v) is 25.3. The van der Waals surface area contributed by atoms with Crippen molar-refractivity contribution in [3.63, 3.8) is 0 Å². The molecule has 41 heavy (non-hydrogen) atoms. The Morgan fingerprint density at radius 2 is 1.76 bits per heavy atom. The number of nitrogens with one attached hydrogen (secondary N) is 1. The summed E-state index contributed by atoms with van der Waals surface area (Å²) in [6.07, 6.45) is 1.37. The molecule has 1 heterocycles. The summed E-state index contributed by atoms with van der Waals surface area (Å²) < 4.78 is 33.0. The van der Waals surface area contributed by atoms with E-state index >= 15 is 0 Å². The molecule has 0 saturated heterocycles. The zero-order chi connectivity index (χ0) is 30.9. The molecule has 0 spiro atoms. The van der Waals surface area contributed by atoms with Crippen LogP contribution < -0.4 is 15.6 Å². The minimum Gasteiger partial charge on any atom is -0.439 e. The summed E-state index contributed by atoms with van der Waals surface area (Å²) in [5, 5.41) is 13.9. The molecule has 1 aliphatic rings. The van der Waals surface area contributed by atoms with Crippen LogP contribution in [0.1, 0.15) is 52.5 Å². The summed E-state index contributed by atoms with van der Waals surface area (Å²) in [4.78, 5) is 43.3. The molecule has 1 aromatic rings. The minimum atomic E-state index is -4.84. The molecule has 12 nitrogen and oxygen atoms in total. The van der Waals surface area contributed by atoms with Crippen LogP contribution in [0, 0.1) is 11.8 Å². The van der Waals surface area contributed by atoms with Crippen molar-refractivity contribution in [2.24, 2.45) is 17.6 Å². The summed E-state index contributed by atoms with van der Waals surface area (Å²) in [6, 6.07) is 4.56. The van der Waals surface area contributed by atoms with Crippen LogP contribution in [0.3, 0.4) is 0 Å². The van der Waals surface area contributed by atoms with Crippen LogP contribution in [0.5, 0.6) is 5.75 Å². The molecule has 0 aromatic heterocycles. The highest BCUT2D eigenvalue weighted by Gasteiger charge is 2.30. The van der Waals surface area contributed by atoms with Gasteiger partial charge in [-0.3, -0.25) is 14.6 Å². The number of amides is 2. The Balaban J connectivity index is 2.53. The molecule has 230 valence electrons. The molecule has 1 aromatic carbocycles. The van der Waals surface area contributed by atoms with Crippen LogP contribution in [0.25, 0.3) is 0 Å². The van der Waals surface area contributed by atoms with Crippen molar-refractivity contribution in [2.45, 2.75) is 77.8 Å². The van der Waals surface area contributed by atoms with Crippen molar-refractivity contribution in [1.29, 1.82) is 0 Å². The third-order valence-electron chi connectivity index (χ3n) is 7.01. The van der Waals surface area contributed by atoms with Gasteiger partial charge in [-0.1, -0.05) is 26.0 Å². The number of benzene rings is 1. The van der Waals surface area contributed by atoms with E-state index in [1.165, 1.54) is 26.4 Å². The summed E-state index contributed by atoms with van der Waals surface area (Å²) in [5.41, 5.74) is 7.36. The molecule has 2 amide bonds. The van der Waals surface area contributed by atoms with Gasteiger partial charge < -0.3 is 34.9 Å². The smallest absolute Gasteiger partial charge is 0.439 e. The number of nitrogens with two attached hydrogens (primary N) is 1. The number of ether oxygens (including phenoxy) is 3. The molecule has 0 radical (unpaired) electrons. The number of carbonyl (C=O) groups excluding carboxylic acids is 2. The van der Waals surface area contributed by atoms with Crippen LogP contribution in [-0.4, -0.2) is 65.5 Å². The van der Waals surface area contributed by atoms with E-state index in [1.807, 2.05) is 13.8 Å². The van der Waals surface area contributed by atoms with Gasteiger partial charge >= 0.3 is 13.9 Å². The van der Waals surface area contributed by atoms with E-state index in [2.05, 4.69) is 5.32 Å². The molecule has 1 aliphatic heterocycles. The fraction of sp³-hybridized carbons (Fsp3) is 0.571. The standard InChI is InChI=1S/C28H43N2O10P/c1-16-10-20-13-21(15-22(14-20)40-41(34,35)36)30-27(32)17(2)8-7-9-23(37-5)26(39-28(29)33)19(4)12-18(3)25(31)24(11-16)38-6/h8,12-16,18,23-26,31H,7,9-11H2,1-6H3,(H2,29,33)(H,30,32)(H2,34,35,36)/t16-,18+,23+,24+,25-,26+/m1/s1. The van der Waals surface area contributed by atoms with Gasteiger partial charge in [-0.2, -0.15) is 0 Å². The van der Waals surface area contributed by atoms with Gasteiger partial charge in [0.15, 0.2) is 6.10 Å². The molecule has 0 unspecified atom stereocenters. The Hall–Kier alpha value is -2.73. The van der Waals surface area contributed by atoms with E-state index in [9.17, 15) is 29.0 Å². The average molecular weight is 599 g/mol. The Labute approximate surface area is 241 Å². The lowest BCUT2D eigenvalue weighted by atomic mass is 9.88. The van der Waals surface area contributed by atoms with Gasteiger partial charge in [-0.15, -0.1) is 0 Å². The number of hydrogen-bond acceptors (Lipinski definition) is 8. The van der Waals surface area contributed by atoms with Crippen molar-refractivity contribution in [2.75, 3.05) is 19.5 Å². The molecular weight excluding hydrogens is 555 g/mol. The maximum absolute atomic E-state index is 12.9. The maximum Gasteiger partial charge on any atom is 0.524 e. The van der Waals surface area contributed by atoms with E-state index in [1.54, 1.807) is 32.1 Å². The Kier molecular flexibility index (Phi) is 13.0. The molecule has 0 fully saturated rings. The number of allylic oxidation sites excluding steroid dienone is 1. The third-order valence-corrected chi connectivity index (χ3v) is 7.46. The van der Waals surface area contributed by atoms with Gasteiger partial charge in [0.1, 0.15) is 5.75 Å². The van der Waals surface area contributed by atoms with Gasteiger partial charge in [0.2, 0.25) is 0 Å². The largest absolute Gasteiger partial charge is 0.524 e. The number of phosphoric acid groups is 1. The summed E-state index contributed by atoms with van der Waals surface area (Å²) in [6.45, 7) is 7.19. The Morgan fingerprint density at radius 1 is 1.10 bits per heavy atom. The van der Waals surface area contributed by atoms with Crippen molar-refractivity contribution in [3.8, 4) is 5.75 Å². The maximum atomic E-state index is 12.9. The molecule has 0 saturated carbocycles. The number of carbonyl (C=O) groups is 2. The molecule has 13 heteroatoms. The molecule has 0 aliphatic carbocycles. The summed E-state index contributed by atoms with van der Waals surface area (Å²) >= 11 is 0. The SMILES string of the molecule is CO[C@H]1C[C@H](C)Cc2cc(cc(OP(=O)(O)O)c2)NC(=O)C(C)=CCC[C@H](OC)[C@@H](OC(N)=O)C(C)=C[C@H](C)[C@H]1O. The first-order chi connectivity index (χ1) is 19.1. The number of aliphatic hydroxyl groups excluding tert-OH is 1. The predicted octanol–water partition coefficient (Wildman–Crippen LogP) is 3.84. The lowest BCUT2D eigenvalue weighted by Crippen LogP contribution is -2.37.